The van der Waals surface area contributed by atoms with Gasteiger partial charge in [0.1, 0.15) is 18.8 Å². The highest BCUT2D eigenvalue weighted by Gasteiger charge is 2.38. The second-order valence-corrected chi connectivity index (χ2v) is 30.4. The minimum absolute atomic E-state index is 0.252. The van der Waals surface area contributed by atoms with Crippen LogP contribution in [-0.4, -0.2) is 109 Å². The zero-order chi connectivity index (χ0) is 59.4. The smallest absolute Gasteiger partial charge is 0.233 e. The van der Waals surface area contributed by atoms with E-state index in [1.807, 2.05) is 30.7 Å². The molecule has 460 valence electrons. The van der Waals surface area contributed by atoms with E-state index in [-0.39, 0.29) is 6.04 Å². The number of nitrogens with one attached hydrogen (secondary N) is 3. The quantitative estimate of drug-likeness (QED) is 0.151. The molecule has 0 radical (unpaired) electrons. The van der Waals surface area contributed by atoms with Crippen molar-refractivity contribution in [1.82, 2.24) is 35.7 Å². The number of halogens is 6. The Kier molecular flexibility index (Phi) is 20.8. The first-order valence-corrected chi connectivity index (χ1v) is 36.5. The molecule has 87 heavy (non-hydrogen) atoms. The summed E-state index contributed by atoms with van der Waals surface area (Å²) in [6.45, 7) is 14.0. The number of benzene rings is 3. The Morgan fingerprint density at radius 2 is 0.977 bits per heavy atom. The van der Waals surface area contributed by atoms with Crippen molar-refractivity contribution in [3.63, 3.8) is 0 Å². The van der Waals surface area contributed by atoms with Crippen LogP contribution in [0.4, 0.5) is 0 Å². The van der Waals surface area contributed by atoms with Gasteiger partial charge in [-0.2, -0.15) is 6.20 Å². The SMILES string of the molecule is Clc1ccc2c(c1)CCC1=CC(Br)=C[N-]C1=C2N1CCC(C2CCNCC2)CC1.Clc1ccc2c(c1)CCc1cc(Br)cnc1C2=[N+]1CCC(C2CCNCC2)CC1.Clc1ccc2c(c1)CCc1cc(Br)cnc1C2N1CCC(C2CCNCC2)CC1. The maximum absolute atomic E-state index is 6.36. The van der Waals surface area contributed by atoms with Crippen LogP contribution in [0.2, 0.25) is 15.1 Å². The van der Waals surface area contributed by atoms with Crippen molar-refractivity contribution in [3.8, 4) is 0 Å². The van der Waals surface area contributed by atoms with E-state index in [0.717, 1.165) is 140 Å². The number of hydrogen-bond acceptors (Lipinski definition) is 7. The molecule has 10 aliphatic rings. The molecule has 2 aromatic heterocycles. The van der Waals surface area contributed by atoms with Gasteiger partial charge >= 0.3 is 0 Å². The number of piperidine rings is 6. The monoisotopic (exact) mass is 1420 g/mol. The topological polar surface area (TPSA) is 85.5 Å². The largest absolute Gasteiger partial charge is 0.661 e. The van der Waals surface area contributed by atoms with Crippen molar-refractivity contribution in [3.05, 3.63) is 192 Å². The summed E-state index contributed by atoms with van der Waals surface area (Å²) < 4.78 is 5.80. The van der Waals surface area contributed by atoms with Gasteiger partial charge in [0.25, 0.3) is 0 Å². The summed E-state index contributed by atoms with van der Waals surface area (Å²) in [5, 5.41) is 17.9. The second-order valence-electron chi connectivity index (χ2n) is 26.4. The lowest BCUT2D eigenvalue weighted by Crippen LogP contribution is -2.41. The van der Waals surface area contributed by atoms with E-state index in [2.05, 4.69) is 139 Å². The summed E-state index contributed by atoms with van der Waals surface area (Å²) >= 11 is 29.9. The third-order valence-electron chi connectivity index (χ3n) is 21.4. The minimum atomic E-state index is 0.252. The molecule has 15 heteroatoms. The van der Waals surface area contributed by atoms with Gasteiger partial charge in [0, 0.05) is 68.0 Å². The van der Waals surface area contributed by atoms with Crippen molar-refractivity contribution in [2.75, 3.05) is 78.5 Å². The fourth-order valence-corrected chi connectivity index (χ4v) is 18.5. The van der Waals surface area contributed by atoms with Gasteiger partial charge in [-0.15, -0.1) is 5.70 Å². The minimum Gasteiger partial charge on any atom is -0.661 e. The second kappa shape index (κ2) is 29.0. The molecule has 9 heterocycles. The predicted octanol–water partition coefficient (Wildman–Crippen LogP) is 16.5. The van der Waals surface area contributed by atoms with Crippen LogP contribution in [0.25, 0.3) is 11.0 Å². The molecule has 0 amide bonds. The number of fused-ring (bicyclic) bond motifs is 6. The van der Waals surface area contributed by atoms with Crippen LogP contribution < -0.4 is 16.0 Å². The average molecular weight is 1420 g/mol. The Labute approximate surface area is 557 Å². The van der Waals surface area contributed by atoms with E-state index in [1.165, 1.54) is 197 Å². The fourth-order valence-electron chi connectivity index (χ4n) is 16.8. The highest BCUT2D eigenvalue weighted by atomic mass is 79.9. The molecule has 0 saturated carbocycles. The summed E-state index contributed by atoms with van der Waals surface area (Å²) in [6, 6.07) is 24.0. The average Bonchev–Trinajstić information content (AvgIpc) is 3.81. The van der Waals surface area contributed by atoms with Crippen molar-refractivity contribution >= 4 is 94.0 Å². The van der Waals surface area contributed by atoms with Gasteiger partial charge in [0.05, 0.1) is 17.3 Å². The number of aromatic nitrogens is 2. The third kappa shape index (κ3) is 14.6. The summed E-state index contributed by atoms with van der Waals surface area (Å²) in [5.41, 5.74) is 18.4. The zero-order valence-electron chi connectivity index (χ0n) is 50.4. The molecule has 3 aliphatic carbocycles. The highest BCUT2D eigenvalue weighted by Crippen LogP contribution is 2.46. The number of rotatable bonds is 5. The summed E-state index contributed by atoms with van der Waals surface area (Å²) in [6.07, 6.45) is 30.1. The Balaban J connectivity index is 0.000000121. The molecule has 3 aromatic carbocycles. The number of pyridine rings is 2. The number of likely N-dealkylation sites (tertiary alicyclic amines) is 2. The number of allylic oxidation sites excluding steroid dienone is 3. The first kappa shape index (κ1) is 62.4. The molecule has 3 N–H and O–H groups in total. The van der Waals surface area contributed by atoms with Crippen LogP contribution in [0.5, 0.6) is 0 Å². The van der Waals surface area contributed by atoms with Crippen LogP contribution >= 0.6 is 82.6 Å². The Hall–Kier alpha value is -3.40. The molecule has 0 spiro atoms. The van der Waals surface area contributed by atoms with Crippen LogP contribution in [0.3, 0.4) is 0 Å². The lowest BCUT2D eigenvalue weighted by Gasteiger charge is -2.43. The summed E-state index contributed by atoms with van der Waals surface area (Å²) in [4.78, 5) is 15.1. The van der Waals surface area contributed by atoms with Gasteiger partial charge in [-0.1, -0.05) is 68.4 Å². The van der Waals surface area contributed by atoms with Gasteiger partial charge in [0.2, 0.25) is 5.71 Å². The molecule has 1 atom stereocenters. The fraction of sp³-hybridized carbons (Fsp3) is 0.514. The van der Waals surface area contributed by atoms with E-state index in [9.17, 15) is 0 Å². The van der Waals surface area contributed by atoms with Gasteiger partial charge in [-0.05, 0) is 327 Å². The first-order valence-electron chi connectivity index (χ1n) is 33.0. The molecular weight excluding hydrogens is 1340 g/mol. The Bertz CT molecular complexity index is 3280. The van der Waals surface area contributed by atoms with Crippen LogP contribution in [0.15, 0.2) is 116 Å². The van der Waals surface area contributed by atoms with Crippen LogP contribution in [-0.2, 0) is 32.1 Å². The predicted molar refractivity (Wildman–Crippen MR) is 370 cm³/mol. The van der Waals surface area contributed by atoms with Crippen LogP contribution in [0, 0.1) is 35.5 Å². The van der Waals surface area contributed by atoms with E-state index in [0.29, 0.717) is 0 Å². The van der Waals surface area contributed by atoms with Crippen LogP contribution in [0.1, 0.15) is 145 Å². The van der Waals surface area contributed by atoms with Crippen molar-refractivity contribution < 1.29 is 4.58 Å². The summed E-state index contributed by atoms with van der Waals surface area (Å²) in [5.74, 6) is 5.37. The molecule has 5 aromatic rings. The van der Waals surface area contributed by atoms with Gasteiger partial charge in [0.15, 0.2) is 0 Å². The van der Waals surface area contributed by atoms with E-state index >= 15 is 0 Å². The molecule has 6 saturated heterocycles. The normalized spacial score (nSPS) is 23.4. The lowest BCUT2D eigenvalue weighted by molar-refractivity contribution is -0.541. The highest BCUT2D eigenvalue weighted by molar-refractivity contribution is 9.12. The maximum atomic E-state index is 6.36. The first-order chi connectivity index (χ1) is 42.6. The van der Waals surface area contributed by atoms with Crippen molar-refractivity contribution in [2.24, 2.45) is 35.5 Å². The van der Waals surface area contributed by atoms with E-state index in [1.54, 1.807) is 0 Å². The van der Waals surface area contributed by atoms with E-state index in [4.69, 9.17) is 50.1 Å². The Morgan fingerprint density at radius 1 is 0.494 bits per heavy atom. The number of hydrogen-bond donors (Lipinski definition) is 3. The molecule has 15 rings (SSSR count). The zero-order valence-corrected chi connectivity index (χ0v) is 57.4. The molecule has 0 bridgehead atoms. The van der Waals surface area contributed by atoms with E-state index < -0.39 is 0 Å². The standard InChI is InChI=1S/C24H29BrClN3.2C24H28BrClN3/c3*25-20-13-19-2-1-18-14-21(26)3-4-22(18)24(23(19)28-15-20)29-11-7-17(8-12-29)16-5-9-27-10-6-16/h3-4,13-17,24,27H,1-2,5-12H2;2*3-4,13-17,27H,1-2,5-12H2/q;-1;+1. The van der Waals surface area contributed by atoms with Gasteiger partial charge < -0.3 is 26.2 Å². The van der Waals surface area contributed by atoms with Crippen molar-refractivity contribution in [2.45, 2.75) is 122 Å². The van der Waals surface area contributed by atoms with Gasteiger partial charge in [-0.3, -0.25) is 9.88 Å². The van der Waals surface area contributed by atoms with Crippen molar-refractivity contribution in [1.29, 1.82) is 0 Å². The molecule has 6 fully saturated rings. The molecular formula is C72H85Br3Cl3N9. The molecule has 1 unspecified atom stereocenters. The molecule has 7 aliphatic heterocycles. The number of nitrogens with zero attached hydrogens (tertiary/aromatic N) is 6. The lowest BCUT2D eigenvalue weighted by atomic mass is 9.78. The van der Waals surface area contributed by atoms with Gasteiger partial charge in [-0.25, -0.2) is 9.56 Å². The summed E-state index contributed by atoms with van der Waals surface area (Å²) in [7, 11) is 0. The Morgan fingerprint density at radius 3 is 1.61 bits per heavy atom. The number of aryl methyl sites for hydroxylation is 5. The maximum Gasteiger partial charge on any atom is 0.233 e. The third-order valence-corrected chi connectivity index (χ3v) is 23.4. The molecule has 9 nitrogen and oxygen atoms in total.